The number of benzene rings is 2. The number of hydrogen-bond acceptors (Lipinski definition) is 4. The summed E-state index contributed by atoms with van der Waals surface area (Å²) in [5.41, 5.74) is 2.14. The van der Waals surface area contributed by atoms with E-state index in [0.29, 0.717) is 26.4 Å². The van der Waals surface area contributed by atoms with Gasteiger partial charge in [-0.2, -0.15) is 0 Å². The Morgan fingerprint density at radius 1 is 1.07 bits per heavy atom. The van der Waals surface area contributed by atoms with Gasteiger partial charge in [0.15, 0.2) is 0 Å². The first-order valence-electron chi connectivity index (χ1n) is 9.97. The molecule has 3 rings (SSSR count). The van der Waals surface area contributed by atoms with Gasteiger partial charge in [-0.25, -0.2) is 4.39 Å². The minimum absolute atomic E-state index is 0.0887. The van der Waals surface area contributed by atoms with Crippen LogP contribution in [0, 0.1) is 5.82 Å². The van der Waals surface area contributed by atoms with E-state index in [4.69, 9.17) is 14.2 Å². The Balaban J connectivity index is 1.59. The van der Waals surface area contributed by atoms with Crippen molar-refractivity contribution in [3.05, 3.63) is 65.5 Å². The van der Waals surface area contributed by atoms with Crippen molar-refractivity contribution < 1.29 is 18.6 Å². The molecule has 1 aliphatic rings. The first kappa shape index (κ1) is 20.8. The molecule has 0 spiro atoms. The van der Waals surface area contributed by atoms with Gasteiger partial charge in [0.05, 0.1) is 6.61 Å². The summed E-state index contributed by atoms with van der Waals surface area (Å²) in [4.78, 5) is 0. The topological polar surface area (TPSA) is 39.7 Å². The predicted molar refractivity (Wildman–Crippen MR) is 108 cm³/mol. The molecular formula is C23H30FNO3. The van der Waals surface area contributed by atoms with Crippen molar-refractivity contribution in [1.29, 1.82) is 0 Å². The molecule has 2 aromatic rings. The fourth-order valence-electron chi connectivity index (χ4n) is 3.73. The summed E-state index contributed by atoms with van der Waals surface area (Å²) in [5.74, 6) is 0.697. The molecule has 0 bridgehead atoms. The van der Waals surface area contributed by atoms with E-state index in [0.717, 1.165) is 43.7 Å². The third-order valence-corrected chi connectivity index (χ3v) is 5.34. The summed E-state index contributed by atoms with van der Waals surface area (Å²) < 4.78 is 30.2. The summed E-state index contributed by atoms with van der Waals surface area (Å²) in [6.45, 7) is 4.30. The van der Waals surface area contributed by atoms with Crippen LogP contribution in [0.15, 0.2) is 48.5 Å². The summed E-state index contributed by atoms with van der Waals surface area (Å²) in [6, 6.07) is 15.1. The Kier molecular flexibility index (Phi) is 7.83. The summed E-state index contributed by atoms with van der Waals surface area (Å²) in [5, 5.41) is 3.58. The molecule has 0 aromatic heterocycles. The lowest BCUT2D eigenvalue weighted by Crippen LogP contribution is -2.42. The predicted octanol–water partition coefficient (Wildman–Crippen LogP) is 4.08. The average Bonchev–Trinajstić information content (AvgIpc) is 2.72. The van der Waals surface area contributed by atoms with Crippen LogP contribution in [-0.4, -0.2) is 40.1 Å². The minimum atomic E-state index is -0.179. The fourth-order valence-corrected chi connectivity index (χ4v) is 3.73. The monoisotopic (exact) mass is 387 g/mol. The number of hydrogen-bond donors (Lipinski definition) is 1. The Morgan fingerprint density at radius 2 is 1.89 bits per heavy atom. The second-order valence-electron chi connectivity index (χ2n) is 7.35. The van der Waals surface area contributed by atoms with E-state index in [1.165, 1.54) is 11.6 Å². The first-order chi connectivity index (χ1) is 13.7. The second kappa shape index (κ2) is 10.6. The highest BCUT2D eigenvalue weighted by molar-refractivity contribution is 5.29. The van der Waals surface area contributed by atoms with Gasteiger partial charge in [-0.3, -0.25) is 0 Å². The lowest BCUT2D eigenvalue weighted by atomic mass is 9.74. The van der Waals surface area contributed by atoms with Gasteiger partial charge in [-0.1, -0.05) is 24.3 Å². The molecule has 1 heterocycles. The van der Waals surface area contributed by atoms with E-state index in [9.17, 15) is 4.39 Å². The lowest BCUT2D eigenvalue weighted by Gasteiger charge is -2.38. The standard InChI is InChI=1S/C23H30FNO3/c1-26-11-4-12-28-22-8-2-5-19(15-22)17-25-18-23(9-13-27-14-10-23)20-6-3-7-21(24)16-20/h2-3,5-8,15-16,25H,4,9-14,17-18H2,1H3. The smallest absolute Gasteiger partial charge is 0.123 e. The molecule has 0 atom stereocenters. The zero-order valence-corrected chi connectivity index (χ0v) is 16.6. The van der Waals surface area contributed by atoms with Crippen LogP contribution >= 0.6 is 0 Å². The van der Waals surface area contributed by atoms with Crippen LogP contribution in [0.1, 0.15) is 30.4 Å². The molecule has 0 radical (unpaired) electrons. The molecule has 28 heavy (non-hydrogen) atoms. The van der Waals surface area contributed by atoms with Crippen LogP contribution in [0.4, 0.5) is 4.39 Å². The maximum atomic E-state index is 13.8. The third-order valence-electron chi connectivity index (χ3n) is 5.34. The quantitative estimate of drug-likeness (QED) is 0.624. The van der Waals surface area contributed by atoms with Crippen molar-refractivity contribution in [2.75, 3.05) is 40.1 Å². The minimum Gasteiger partial charge on any atom is -0.493 e. The Morgan fingerprint density at radius 3 is 2.68 bits per heavy atom. The van der Waals surface area contributed by atoms with Gasteiger partial charge in [0, 0.05) is 51.9 Å². The van der Waals surface area contributed by atoms with Gasteiger partial charge in [-0.05, 0) is 48.2 Å². The number of methoxy groups -OCH3 is 1. The Labute approximate surface area is 167 Å². The van der Waals surface area contributed by atoms with Crippen molar-refractivity contribution in [1.82, 2.24) is 5.32 Å². The van der Waals surface area contributed by atoms with Gasteiger partial charge in [-0.15, -0.1) is 0 Å². The molecule has 1 saturated heterocycles. The number of halogens is 1. The van der Waals surface area contributed by atoms with Gasteiger partial charge in [0.1, 0.15) is 11.6 Å². The lowest BCUT2D eigenvalue weighted by molar-refractivity contribution is 0.0497. The van der Waals surface area contributed by atoms with Crippen molar-refractivity contribution in [2.24, 2.45) is 0 Å². The molecule has 152 valence electrons. The largest absolute Gasteiger partial charge is 0.493 e. The van der Waals surface area contributed by atoms with E-state index in [1.54, 1.807) is 19.2 Å². The normalized spacial score (nSPS) is 16.1. The van der Waals surface area contributed by atoms with E-state index in [-0.39, 0.29) is 11.2 Å². The van der Waals surface area contributed by atoms with E-state index < -0.39 is 0 Å². The molecule has 0 aliphatic carbocycles. The Bertz CT molecular complexity index is 731. The first-order valence-corrected chi connectivity index (χ1v) is 9.97. The molecule has 4 nitrogen and oxygen atoms in total. The molecule has 2 aromatic carbocycles. The summed E-state index contributed by atoms with van der Waals surface area (Å²) >= 11 is 0. The van der Waals surface area contributed by atoms with Crippen molar-refractivity contribution in [3.8, 4) is 5.75 Å². The van der Waals surface area contributed by atoms with Crippen LogP contribution in [0.5, 0.6) is 5.75 Å². The zero-order chi connectivity index (χ0) is 19.7. The van der Waals surface area contributed by atoms with Gasteiger partial charge < -0.3 is 19.5 Å². The number of ether oxygens (including phenoxy) is 3. The van der Waals surface area contributed by atoms with Crippen LogP contribution in [0.3, 0.4) is 0 Å². The highest BCUT2D eigenvalue weighted by atomic mass is 19.1. The molecule has 0 amide bonds. The van der Waals surface area contributed by atoms with E-state index in [2.05, 4.69) is 17.4 Å². The second-order valence-corrected chi connectivity index (χ2v) is 7.35. The highest BCUT2D eigenvalue weighted by Gasteiger charge is 2.34. The molecule has 1 aliphatic heterocycles. The number of rotatable bonds is 10. The average molecular weight is 387 g/mol. The van der Waals surface area contributed by atoms with Gasteiger partial charge >= 0.3 is 0 Å². The SMILES string of the molecule is COCCCOc1cccc(CNCC2(c3cccc(F)c3)CCOCC2)c1. The van der Waals surface area contributed by atoms with Crippen LogP contribution in [0.2, 0.25) is 0 Å². The fraction of sp³-hybridized carbons (Fsp3) is 0.478. The van der Waals surface area contributed by atoms with Gasteiger partial charge in [0.2, 0.25) is 0 Å². The maximum absolute atomic E-state index is 13.8. The molecule has 1 N–H and O–H groups in total. The summed E-state index contributed by atoms with van der Waals surface area (Å²) in [7, 11) is 1.70. The highest BCUT2D eigenvalue weighted by Crippen LogP contribution is 2.34. The molecule has 5 heteroatoms. The maximum Gasteiger partial charge on any atom is 0.123 e. The van der Waals surface area contributed by atoms with Crippen LogP contribution in [-0.2, 0) is 21.4 Å². The Hall–Kier alpha value is -1.95. The van der Waals surface area contributed by atoms with Gasteiger partial charge in [0.25, 0.3) is 0 Å². The van der Waals surface area contributed by atoms with Crippen LogP contribution < -0.4 is 10.1 Å². The molecule has 0 saturated carbocycles. The molecule has 0 unspecified atom stereocenters. The zero-order valence-electron chi connectivity index (χ0n) is 16.6. The third kappa shape index (κ3) is 5.77. The summed E-state index contributed by atoms with van der Waals surface area (Å²) in [6.07, 6.45) is 2.66. The van der Waals surface area contributed by atoms with Crippen molar-refractivity contribution in [3.63, 3.8) is 0 Å². The van der Waals surface area contributed by atoms with E-state index in [1.807, 2.05) is 18.2 Å². The molecular weight excluding hydrogens is 357 g/mol. The van der Waals surface area contributed by atoms with Crippen molar-refractivity contribution >= 4 is 0 Å². The van der Waals surface area contributed by atoms with Crippen molar-refractivity contribution in [2.45, 2.75) is 31.2 Å². The van der Waals surface area contributed by atoms with E-state index >= 15 is 0 Å². The molecule has 1 fully saturated rings. The van der Waals surface area contributed by atoms with Crippen LogP contribution in [0.25, 0.3) is 0 Å². The number of nitrogens with one attached hydrogen (secondary N) is 1.